The van der Waals surface area contributed by atoms with Crippen molar-refractivity contribution >= 4 is 39.9 Å². The molecule has 0 bridgehead atoms. The average molecular weight is 617 g/mol. The van der Waals surface area contributed by atoms with Crippen molar-refractivity contribution in [2.45, 2.75) is 71.7 Å². The van der Waals surface area contributed by atoms with Gasteiger partial charge >= 0.3 is 6.09 Å². The Morgan fingerprint density at radius 2 is 1.82 bits per heavy atom. The summed E-state index contributed by atoms with van der Waals surface area (Å²) < 4.78 is 23.6. The number of hydrogen-bond acceptors (Lipinski definition) is 7. The number of pyridine rings is 1. The van der Waals surface area contributed by atoms with Crippen molar-refractivity contribution in [2.24, 2.45) is 11.8 Å². The van der Waals surface area contributed by atoms with Gasteiger partial charge in [-0.3, -0.25) is 9.48 Å². The van der Waals surface area contributed by atoms with E-state index in [9.17, 15) is 14.0 Å². The van der Waals surface area contributed by atoms with Crippen molar-refractivity contribution in [3.05, 3.63) is 53.9 Å². The number of benzene rings is 1. The lowest BCUT2D eigenvalue weighted by Gasteiger charge is -2.35. The van der Waals surface area contributed by atoms with E-state index in [0.29, 0.717) is 52.9 Å². The molecule has 7 rings (SSSR count). The van der Waals surface area contributed by atoms with E-state index < -0.39 is 11.4 Å². The SMILES string of the molecule is CCn1cc2c(N3CCC(NC4C5CN(C(=O)OC(C)(C)C)CC54)CC3)ccc(C(=O)Nc3cc(F)c4nc(C)cn4c3)c2n1. The predicted octanol–water partition coefficient (Wildman–Crippen LogP) is 4.83. The molecular weight excluding hydrogens is 575 g/mol. The van der Waals surface area contributed by atoms with Gasteiger partial charge in [0.15, 0.2) is 11.5 Å². The molecule has 45 heavy (non-hydrogen) atoms. The summed E-state index contributed by atoms with van der Waals surface area (Å²) in [4.78, 5) is 34.3. The first-order chi connectivity index (χ1) is 21.5. The van der Waals surface area contributed by atoms with Crippen molar-refractivity contribution in [1.82, 2.24) is 29.4 Å². The second kappa shape index (κ2) is 11.0. The maximum atomic E-state index is 14.6. The fraction of sp³-hybridized carbons (Fsp3) is 0.515. The van der Waals surface area contributed by atoms with Gasteiger partial charge in [-0.1, -0.05) is 0 Å². The zero-order chi connectivity index (χ0) is 31.6. The van der Waals surface area contributed by atoms with Crippen LogP contribution in [-0.4, -0.2) is 79.9 Å². The van der Waals surface area contributed by atoms with Crippen LogP contribution in [-0.2, 0) is 11.3 Å². The molecule has 1 aromatic carbocycles. The van der Waals surface area contributed by atoms with Crippen molar-refractivity contribution in [2.75, 3.05) is 36.4 Å². The molecule has 0 radical (unpaired) electrons. The molecule has 4 aromatic rings. The highest BCUT2D eigenvalue weighted by atomic mass is 19.1. The van der Waals surface area contributed by atoms with Gasteiger partial charge in [-0.05, 0) is 71.4 Å². The quantitative estimate of drug-likeness (QED) is 0.320. The highest BCUT2D eigenvalue weighted by molar-refractivity contribution is 6.13. The topological polar surface area (TPSA) is 109 Å². The van der Waals surface area contributed by atoms with Crippen LogP contribution in [0.25, 0.3) is 16.6 Å². The number of ether oxygens (including phenoxy) is 1. The highest BCUT2D eigenvalue weighted by Gasteiger charge is 2.57. The molecule has 2 unspecified atom stereocenters. The number of anilines is 2. The molecule has 2 atom stereocenters. The Morgan fingerprint density at radius 1 is 1.09 bits per heavy atom. The Morgan fingerprint density at radius 3 is 2.51 bits per heavy atom. The maximum Gasteiger partial charge on any atom is 0.410 e. The third-order valence-electron chi connectivity index (χ3n) is 9.26. The molecule has 2 N–H and O–H groups in total. The van der Waals surface area contributed by atoms with Crippen LogP contribution in [0.3, 0.4) is 0 Å². The van der Waals surface area contributed by atoms with Gasteiger partial charge in [0.05, 0.1) is 16.9 Å². The molecule has 3 fully saturated rings. The maximum absolute atomic E-state index is 14.6. The Bertz CT molecular complexity index is 1770. The fourth-order valence-corrected chi connectivity index (χ4v) is 7.01. The summed E-state index contributed by atoms with van der Waals surface area (Å²) in [6.45, 7) is 13.5. The van der Waals surface area contributed by atoms with Gasteiger partial charge in [-0.15, -0.1) is 0 Å². The van der Waals surface area contributed by atoms with E-state index in [1.54, 1.807) is 23.7 Å². The number of carbonyl (C=O) groups is 2. The van der Waals surface area contributed by atoms with Crippen molar-refractivity contribution in [3.63, 3.8) is 0 Å². The normalized spacial score (nSPS) is 21.9. The Kier molecular flexibility index (Phi) is 7.22. The van der Waals surface area contributed by atoms with E-state index >= 15 is 0 Å². The molecule has 238 valence electrons. The van der Waals surface area contributed by atoms with E-state index in [1.165, 1.54) is 6.07 Å². The van der Waals surface area contributed by atoms with Crippen molar-refractivity contribution < 1.29 is 18.7 Å². The summed E-state index contributed by atoms with van der Waals surface area (Å²) in [5.74, 6) is 0.182. The first-order valence-corrected chi connectivity index (χ1v) is 15.9. The summed E-state index contributed by atoms with van der Waals surface area (Å²) in [6.07, 6.45) is 7.21. The second-order valence-corrected chi connectivity index (χ2v) is 13.7. The number of piperidine rings is 2. The van der Waals surface area contributed by atoms with Gasteiger partial charge in [0, 0.05) is 80.5 Å². The summed E-state index contributed by atoms with van der Waals surface area (Å²) in [6, 6.07) is 6.02. The van der Waals surface area contributed by atoms with Gasteiger partial charge < -0.3 is 29.6 Å². The molecule has 3 aliphatic rings. The predicted molar refractivity (Wildman–Crippen MR) is 170 cm³/mol. The molecule has 2 amide bonds. The first kappa shape index (κ1) is 29.5. The summed E-state index contributed by atoms with van der Waals surface area (Å²) in [5.41, 5.74) is 2.94. The number of carbonyl (C=O) groups excluding carboxylic acids is 2. The number of imidazole rings is 1. The second-order valence-electron chi connectivity index (χ2n) is 13.7. The third-order valence-corrected chi connectivity index (χ3v) is 9.26. The summed E-state index contributed by atoms with van der Waals surface area (Å²) in [7, 11) is 0. The lowest BCUT2D eigenvalue weighted by Crippen LogP contribution is -2.46. The summed E-state index contributed by atoms with van der Waals surface area (Å²) in [5, 5.41) is 12.4. The lowest BCUT2D eigenvalue weighted by atomic mass is 10.0. The van der Waals surface area contributed by atoms with Crippen LogP contribution in [0.2, 0.25) is 0 Å². The van der Waals surface area contributed by atoms with Crippen LogP contribution in [0.1, 0.15) is 56.6 Å². The van der Waals surface area contributed by atoms with Crippen LogP contribution in [0.15, 0.2) is 36.8 Å². The largest absolute Gasteiger partial charge is 0.444 e. The van der Waals surface area contributed by atoms with E-state index in [2.05, 4.69) is 20.5 Å². The molecule has 1 saturated carbocycles. The molecule has 11 nitrogen and oxygen atoms in total. The van der Waals surface area contributed by atoms with Crippen molar-refractivity contribution in [1.29, 1.82) is 0 Å². The number of nitrogens with one attached hydrogen (secondary N) is 2. The minimum absolute atomic E-state index is 0.206. The number of amides is 2. The smallest absolute Gasteiger partial charge is 0.410 e. The molecule has 12 heteroatoms. The zero-order valence-electron chi connectivity index (χ0n) is 26.5. The van der Waals surface area contributed by atoms with Crippen molar-refractivity contribution in [3.8, 4) is 0 Å². The number of fused-ring (bicyclic) bond motifs is 3. The lowest BCUT2D eigenvalue weighted by molar-refractivity contribution is 0.0268. The van der Waals surface area contributed by atoms with Gasteiger partial charge in [0.25, 0.3) is 5.91 Å². The standard InChI is InChI=1S/C33H41FN8O3/c1-6-42-18-25-27(8-7-22(29(25)38-42)31(43)37-21-13-26(34)30-35-19(2)14-40(30)15-21)39-11-9-20(10-12-39)36-28-23-16-41(17-24(23)28)32(44)45-33(3,4)5/h7-8,13-15,18,20,23-24,28,36H,6,9-12,16-17H2,1-5H3,(H,37,43). The number of likely N-dealkylation sites (tertiary alicyclic amines) is 1. The van der Waals surface area contributed by atoms with Gasteiger partial charge in [-0.2, -0.15) is 5.10 Å². The van der Waals surface area contributed by atoms with E-state index in [-0.39, 0.29) is 17.6 Å². The third kappa shape index (κ3) is 5.71. The Hall–Kier alpha value is -4.19. The average Bonchev–Trinajstić information content (AvgIpc) is 3.41. The van der Waals surface area contributed by atoms with Crippen LogP contribution < -0.4 is 15.5 Å². The van der Waals surface area contributed by atoms with Gasteiger partial charge in [0.2, 0.25) is 0 Å². The molecule has 2 aliphatic heterocycles. The first-order valence-electron chi connectivity index (χ1n) is 15.9. The molecule has 3 aromatic heterocycles. The number of rotatable bonds is 6. The van der Waals surface area contributed by atoms with Gasteiger partial charge in [0.1, 0.15) is 11.1 Å². The van der Waals surface area contributed by atoms with Crippen LogP contribution in [0.5, 0.6) is 0 Å². The monoisotopic (exact) mass is 616 g/mol. The molecule has 0 spiro atoms. The summed E-state index contributed by atoms with van der Waals surface area (Å²) >= 11 is 0. The Labute approximate surface area is 261 Å². The van der Waals surface area contributed by atoms with Gasteiger partial charge in [-0.25, -0.2) is 14.2 Å². The minimum atomic E-state index is -0.498. The van der Waals surface area contributed by atoms with E-state index in [1.807, 2.05) is 55.6 Å². The molecule has 5 heterocycles. The van der Waals surface area contributed by atoms with Crippen LogP contribution in [0, 0.1) is 24.6 Å². The molecular formula is C33H41FN8O3. The molecule has 2 saturated heterocycles. The number of hydrogen-bond donors (Lipinski definition) is 2. The van der Waals surface area contributed by atoms with Crippen LogP contribution >= 0.6 is 0 Å². The molecule has 1 aliphatic carbocycles. The zero-order valence-corrected chi connectivity index (χ0v) is 26.5. The van der Waals surface area contributed by atoms with E-state index in [0.717, 1.165) is 50.1 Å². The Balaban J connectivity index is 0.999. The van der Waals surface area contributed by atoms with E-state index in [4.69, 9.17) is 9.84 Å². The minimum Gasteiger partial charge on any atom is -0.444 e. The number of aryl methyl sites for hydroxylation is 2. The highest BCUT2D eigenvalue weighted by Crippen LogP contribution is 2.46. The van der Waals surface area contributed by atoms with Crippen LogP contribution in [0.4, 0.5) is 20.6 Å². The number of halogens is 1. The fourth-order valence-electron chi connectivity index (χ4n) is 7.01. The number of nitrogens with zero attached hydrogens (tertiary/aromatic N) is 6. The number of aromatic nitrogens is 4.